The van der Waals surface area contributed by atoms with E-state index < -0.39 is 28.0 Å². The van der Waals surface area contributed by atoms with Gasteiger partial charge in [0.1, 0.15) is 11.3 Å². The minimum atomic E-state index is -3.91. The Kier molecular flexibility index (Phi) is 5.40. The van der Waals surface area contributed by atoms with Crippen molar-refractivity contribution in [3.8, 4) is 5.75 Å². The van der Waals surface area contributed by atoms with Crippen LogP contribution in [0, 0.1) is 0 Å². The molecule has 0 saturated carbocycles. The second kappa shape index (κ2) is 7.32. The molecule has 2 aromatic carbocycles. The summed E-state index contributed by atoms with van der Waals surface area (Å²) in [4.78, 5) is 23.9. The van der Waals surface area contributed by atoms with Crippen molar-refractivity contribution in [2.45, 2.75) is 17.9 Å². The van der Waals surface area contributed by atoms with Crippen molar-refractivity contribution in [3.05, 3.63) is 54.1 Å². The summed E-state index contributed by atoms with van der Waals surface area (Å²) in [5.74, 6) is -1.80. The number of sulfonamides is 1. The van der Waals surface area contributed by atoms with Gasteiger partial charge in [0.2, 0.25) is 10.0 Å². The number of phenolic OH excluding ortho intramolecular Hbond substituents is 1. The maximum absolute atomic E-state index is 12.1. The van der Waals surface area contributed by atoms with Crippen LogP contribution in [-0.4, -0.2) is 31.5 Å². The zero-order chi connectivity index (χ0) is 18.6. The lowest BCUT2D eigenvalue weighted by molar-refractivity contribution is -0.123. The number of carbonyl (C=O) groups excluding carboxylic acids is 2. The summed E-state index contributed by atoms with van der Waals surface area (Å²) in [6.07, 6.45) is -1.18. The molecule has 0 aliphatic carbocycles. The molecular weight excluding hydrogens is 348 g/mol. The second-order valence-electron chi connectivity index (χ2n) is 5.13. The number of benzene rings is 2. The standard InChI is InChI=1S/C16H16N2O6S/c1-10(24-16(21)13-7-2-3-8-14(13)19)15(20)18-11-5-4-6-12(9-11)25(17,22)23/h2-10,19H,1H3,(H,18,20)(H2,17,22,23)/t10-/m1/s1. The van der Waals surface area contributed by atoms with Crippen LogP contribution < -0.4 is 10.5 Å². The molecule has 0 fully saturated rings. The summed E-state index contributed by atoms with van der Waals surface area (Å²) in [5, 5.41) is 17.1. The fraction of sp³-hybridized carbons (Fsp3) is 0.125. The van der Waals surface area contributed by atoms with Crippen molar-refractivity contribution in [2.75, 3.05) is 5.32 Å². The molecule has 1 amide bonds. The highest BCUT2D eigenvalue weighted by atomic mass is 32.2. The monoisotopic (exact) mass is 364 g/mol. The molecule has 9 heteroatoms. The molecule has 25 heavy (non-hydrogen) atoms. The lowest BCUT2D eigenvalue weighted by Gasteiger charge is -2.14. The number of ether oxygens (including phenoxy) is 1. The number of aromatic hydroxyl groups is 1. The van der Waals surface area contributed by atoms with E-state index in [0.29, 0.717) is 0 Å². The summed E-state index contributed by atoms with van der Waals surface area (Å²) in [6.45, 7) is 1.34. The first kappa shape index (κ1) is 18.4. The number of anilines is 1. The zero-order valence-corrected chi connectivity index (χ0v) is 14.0. The van der Waals surface area contributed by atoms with E-state index >= 15 is 0 Å². The lowest BCUT2D eigenvalue weighted by atomic mass is 10.2. The SMILES string of the molecule is C[C@@H](OC(=O)c1ccccc1O)C(=O)Nc1cccc(S(N)(=O)=O)c1. The van der Waals surface area contributed by atoms with Gasteiger partial charge < -0.3 is 15.2 Å². The van der Waals surface area contributed by atoms with Gasteiger partial charge in [0.05, 0.1) is 4.90 Å². The molecule has 0 saturated heterocycles. The first-order valence-corrected chi connectivity index (χ1v) is 8.66. The van der Waals surface area contributed by atoms with Crippen LogP contribution in [0.2, 0.25) is 0 Å². The third-order valence-corrected chi connectivity index (χ3v) is 4.12. The molecule has 0 heterocycles. The fourth-order valence-corrected chi connectivity index (χ4v) is 2.48. The molecule has 0 bridgehead atoms. The van der Waals surface area contributed by atoms with Crippen molar-refractivity contribution in [1.82, 2.24) is 0 Å². The van der Waals surface area contributed by atoms with Crippen molar-refractivity contribution < 1.29 is 27.9 Å². The zero-order valence-electron chi connectivity index (χ0n) is 13.2. The van der Waals surface area contributed by atoms with Gasteiger partial charge in [-0.05, 0) is 37.3 Å². The molecule has 0 aliphatic rings. The van der Waals surface area contributed by atoms with E-state index in [2.05, 4.69) is 5.32 Å². The van der Waals surface area contributed by atoms with E-state index in [-0.39, 0.29) is 21.9 Å². The quantitative estimate of drug-likeness (QED) is 0.683. The minimum Gasteiger partial charge on any atom is -0.507 e. The Balaban J connectivity index is 2.06. The molecule has 1 atom stereocenters. The summed E-state index contributed by atoms with van der Waals surface area (Å²) in [7, 11) is -3.91. The van der Waals surface area contributed by atoms with E-state index in [1.165, 1.54) is 43.3 Å². The Morgan fingerprint density at radius 2 is 1.84 bits per heavy atom. The van der Waals surface area contributed by atoms with Gasteiger partial charge in [-0.15, -0.1) is 0 Å². The van der Waals surface area contributed by atoms with Gasteiger partial charge in [0, 0.05) is 5.69 Å². The van der Waals surface area contributed by atoms with Crippen LogP contribution >= 0.6 is 0 Å². The third-order valence-electron chi connectivity index (χ3n) is 3.21. The van der Waals surface area contributed by atoms with Crippen LogP contribution in [0.4, 0.5) is 5.69 Å². The number of nitrogens with one attached hydrogen (secondary N) is 1. The summed E-state index contributed by atoms with van der Waals surface area (Å²) in [6, 6.07) is 11.1. The normalized spacial score (nSPS) is 12.2. The van der Waals surface area contributed by atoms with E-state index in [1.807, 2.05) is 0 Å². The molecule has 2 rings (SSSR count). The van der Waals surface area contributed by atoms with Crippen molar-refractivity contribution in [2.24, 2.45) is 5.14 Å². The molecule has 0 aromatic heterocycles. The highest BCUT2D eigenvalue weighted by Gasteiger charge is 2.21. The Labute approximate surface area is 144 Å². The van der Waals surface area contributed by atoms with Crippen LogP contribution in [-0.2, 0) is 19.6 Å². The maximum atomic E-state index is 12.1. The summed E-state index contributed by atoms with van der Waals surface area (Å²) < 4.78 is 27.6. The molecule has 0 unspecified atom stereocenters. The molecule has 132 valence electrons. The van der Waals surface area contributed by atoms with Crippen LogP contribution in [0.5, 0.6) is 5.75 Å². The van der Waals surface area contributed by atoms with Crippen molar-refractivity contribution >= 4 is 27.6 Å². The van der Waals surface area contributed by atoms with E-state index in [1.54, 1.807) is 12.1 Å². The van der Waals surface area contributed by atoms with Crippen molar-refractivity contribution in [3.63, 3.8) is 0 Å². The molecule has 0 spiro atoms. The van der Waals surface area contributed by atoms with Gasteiger partial charge in [-0.1, -0.05) is 18.2 Å². The highest BCUT2D eigenvalue weighted by molar-refractivity contribution is 7.89. The predicted molar refractivity (Wildman–Crippen MR) is 89.4 cm³/mol. The lowest BCUT2D eigenvalue weighted by Crippen LogP contribution is -2.30. The number of esters is 1. The second-order valence-corrected chi connectivity index (χ2v) is 6.69. The minimum absolute atomic E-state index is 0.0710. The maximum Gasteiger partial charge on any atom is 0.342 e. The number of rotatable bonds is 5. The average molecular weight is 364 g/mol. The van der Waals surface area contributed by atoms with E-state index in [4.69, 9.17) is 9.88 Å². The molecule has 4 N–H and O–H groups in total. The van der Waals surface area contributed by atoms with E-state index in [9.17, 15) is 23.1 Å². The van der Waals surface area contributed by atoms with Gasteiger partial charge in [-0.25, -0.2) is 18.4 Å². The number of nitrogens with two attached hydrogens (primary N) is 1. The predicted octanol–water partition coefficient (Wildman–Crippen LogP) is 1.22. The van der Waals surface area contributed by atoms with Gasteiger partial charge in [-0.2, -0.15) is 0 Å². The Morgan fingerprint density at radius 1 is 1.16 bits per heavy atom. The third kappa shape index (κ3) is 4.78. The molecule has 2 aromatic rings. The number of phenols is 1. The number of amides is 1. The Bertz CT molecular complexity index is 910. The van der Waals surface area contributed by atoms with Crippen LogP contribution in [0.1, 0.15) is 17.3 Å². The highest BCUT2D eigenvalue weighted by Crippen LogP contribution is 2.18. The average Bonchev–Trinajstić information content (AvgIpc) is 2.54. The van der Waals surface area contributed by atoms with Gasteiger partial charge in [-0.3, -0.25) is 4.79 Å². The molecular formula is C16H16N2O6S. The number of carbonyl (C=O) groups is 2. The Morgan fingerprint density at radius 3 is 2.48 bits per heavy atom. The molecule has 0 aliphatic heterocycles. The van der Waals surface area contributed by atoms with E-state index in [0.717, 1.165) is 0 Å². The molecule has 8 nitrogen and oxygen atoms in total. The number of hydrogen-bond donors (Lipinski definition) is 3. The topological polar surface area (TPSA) is 136 Å². The Hall–Kier alpha value is -2.91. The number of hydrogen-bond acceptors (Lipinski definition) is 6. The number of para-hydroxylation sites is 1. The fourth-order valence-electron chi connectivity index (χ4n) is 1.92. The van der Waals surface area contributed by atoms with Crippen LogP contribution in [0.25, 0.3) is 0 Å². The van der Waals surface area contributed by atoms with Gasteiger partial charge in [0.25, 0.3) is 5.91 Å². The van der Waals surface area contributed by atoms with Crippen molar-refractivity contribution in [1.29, 1.82) is 0 Å². The smallest absolute Gasteiger partial charge is 0.342 e. The summed E-state index contributed by atoms with van der Waals surface area (Å²) in [5.41, 5.74) is 0.111. The van der Waals surface area contributed by atoms with Crippen LogP contribution in [0.3, 0.4) is 0 Å². The molecule has 0 radical (unpaired) electrons. The largest absolute Gasteiger partial charge is 0.507 e. The van der Waals surface area contributed by atoms with Gasteiger partial charge >= 0.3 is 5.97 Å². The van der Waals surface area contributed by atoms with Crippen LogP contribution in [0.15, 0.2) is 53.4 Å². The van der Waals surface area contributed by atoms with Gasteiger partial charge in [0.15, 0.2) is 6.10 Å². The first-order chi connectivity index (χ1) is 11.7. The first-order valence-electron chi connectivity index (χ1n) is 7.11. The summed E-state index contributed by atoms with van der Waals surface area (Å²) >= 11 is 0. The number of primary sulfonamides is 1.